The van der Waals surface area contributed by atoms with Gasteiger partial charge < -0.3 is 0 Å². The lowest BCUT2D eigenvalue weighted by atomic mass is 9.13. The molecule has 6 aromatic rings. The first-order chi connectivity index (χ1) is 20.9. The Labute approximate surface area is 257 Å². The Morgan fingerprint density at radius 3 is 1.14 bits per heavy atom. The number of hydrogen-bond donors (Lipinski definition) is 1. The van der Waals surface area contributed by atoms with E-state index in [1.807, 2.05) is 38.0 Å². The highest BCUT2D eigenvalue weighted by Gasteiger charge is 2.33. The highest BCUT2D eigenvalue weighted by molar-refractivity contribution is 7.14. The first-order valence-electron chi connectivity index (χ1n) is 15.5. The van der Waals surface area contributed by atoms with Crippen molar-refractivity contribution in [1.29, 1.82) is 0 Å². The molecule has 0 atom stereocenters. The Kier molecular flexibility index (Phi) is 9.16. The van der Waals surface area contributed by atoms with E-state index < -0.39 is 6.15 Å². The quantitative estimate of drug-likeness (QED) is 0.161. The first-order valence-corrected chi connectivity index (χ1v) is 15.5. The molecule has 0 bridgehead atoms. The van der Waals surface area contributed by atoms with Crippen molar-refractivity contribution < 1.29 is 5.41 Å². The molecule has 0 heterocycles. The molecule has 43 heavy (non-hydrogen) atoms. The van der Waals surface area contributed by atoms with Crippen molar-refractivity contribution in [2.45, 2.75) is 26.1 Å². The average molecular weight is 566 g/mol. The van der Waals surface area contributed by atoms with Crippen molar-refractivity contribution in [3.63, 3.8) is 0 Å². The smallest absolute Gasteiger partial charge is 0.291 e. The molecule has 0 spiro atoms. The second-order valence-electron chi connectivity index (χ2n) is 12.0. The van der Waals surface area contributed by atoms with Crippen molar-refractivity contribution in [3.8, 4) is 0 Å². The Morgan fingerprint density at radius 2 is 0.837 bits per heavy atom. The van der Waals surface area contributed by atoms with Gasteiger partial charge in [0.2, 0.25) is 0 Å². The third kappa shape index (κ3) is 5.88. The van der Waals surface area contributed by atoms with E-state index in [4.69, 9.17) is 5.41 Å². The number of rotatable bonds is 6. The van der Waals surface area contributed by atoms with E-state index in [0.29, 0.717) is 0 Å². The molecular formula is C39H44BN3. The van der Waals surface area contributed by atoms with Crippen LogP contribution < -0.4 is 21.8 Å². The predicted molar refractivity (Wildman–Crippen MR) is 191 cm³/mol. The number of nitrogens with two attached hydrogens (primary N) is 1. The number of nitrogens with zero attached hydrogens (tertiary/aromatic N) is 2. The van der Waals surface area contributed by atoms with Gasteiger partial charge in [-0.15, -0.1) is 0 Å². The van der Waals surface area contributed by atoms with Crippen LogP contribution in [0.5, 0.6) is 0 Å². The Bertz CT molecular complexity index is 1640. The van der Waals surface area contributed by atoms with Gasteiger partial charge in [0, 0.05) is 0 Å². The van der Waals surface area contributed by atoms with Crippen LogP contribution in [0.1, 0.15) is 19.8 Å². The van der Waals surface area contributed by atoms with E-state index in [1.54, 1.807) is 0 Å². The summed E-state index contributed by atoms with van der Waals surface area (Å²) in [5.74, 6) is 0.769. The zero-order valence-electron chi connectivity index (χ0n) is 26.3. The van der Waals surface area contributed by atoms with Gasteiger partial charge in [-0.25, -0.2) is 0 Å². The second-order valence-corrected chi connectivity index (χ2v) is 12.0. The average Bonchev–Trinajstić information content (AvgIpc) is 3.05. The van der Waals surface area contributed by atoms with Gasteiger partial charge in [-0.2, -0.15) is 22.7 Å². The van der Waals surface area contributed by atoms with Gasteiger partial charge in [0.05, 0.1) is 34.3 Å². The molecule has 0 aliphatic rings. The fraction of sp³-hybridized carbons (Fsp3) is 0.205. The molecule has 0 aromatic heterocycles. The van der Waals surface area contributed by atoms with Gasteiger partial charge in [0.15, 0.2) is 0 Å². The number of benzene rings is 6. The number of fused-ring (bicyclic) bond motifs is 3. The van der Waals surface area contributed by atoms with Crippen LogP contribution in [0.15, 0.2) is 127 Å². The maximum absolute atomic E-state index is 5.53. The lowest BCUT2D eigenvalue weighted by molar-refractivity contribution is -0.139. The van der Waals surface area contributed by atoms with Crippen LogP contribution in [0.3, 0.4) is 0 Å². The molecule has 0 aliphatic carbocycles. The van der Waals surface area contributed by atoms with Gasteiger partial charge in [-0.3, -0.25) is 15.2 Å². The van der Waals surface area contributed by atoms with Crippen LogP contribution in [-0.2, 0) is 0 Å². The SMILES string of the molecule is CCCC[B-](c1cccc2ccccc12)(c1cccc2ccccc12)c1cccc2ccccc12.CN(C)C(=[NH2+])N(C)C. The van der Waals surface area contributed by atoms with Crippen LogP contribution in [-0.4, -0.2) is 50.1 Å². The summed E-state index contributed by atoms with van der Waals surface area (Å²) in [6.45, 7) is 2.32. The van der Waals surface area contributed by atoms with Gasteiger partial charge >= 0.3 is 5.96 Å². The van der Waals surface area contributed by atoms with Crippen LogP contribution in [0.25, 0.3) is 32.3 Å². The minimum Gasteiger partial charge on any atom is -0.291 e. The molecule has 0 unspecified atom stereocenters. The Balaban J connectivity index is 0.000000407. The summed E-state index contributed by atoms with van der Waals surface area (Å²) in [6, 6.07) is 47.5. The van der Waals surface area contributed by atoms with E-state index in [-0.39, 0.29) is 0 Å². The predicted octanol–water partition coefficient (Wildman–Crippen LogP) is 5.64. The molecule has 0 amide bonds. The fourth-order valence-corrected chi connectivity index (χ4v) is 6.92. The fourth-order valence-electron chi connectivity index (χ4n) is 6.92. The van der Waals surface area contributed by atoms with Crippen LogP contribution in [0.4, 0.5) is 0 Å². The first kappa shape index (κ1) is 29.9. The monoisotopic (exact) mass is 565 g/mol. The summed E-state index contributed by atoms with van der Waals surface area (Å²) in [4.78, 5) is 3.72. The topological polar surface area (TPSA) is 32.1 Å². The standard InChI is InChI=1S/C34H30B.C5H13N3/c1-2-3-25-35(32-22-10-16-26-13-4-7-19-29(26)32,33-23-11-17-27-14-5-8-20-30(27)33)34-24-12-18-28-15-6-9-21-31(28)34;1-7(2)5(6)8(3)4/h4-24H,2-3,25H2,1H3;6H,1-4H3/q-1;/p+1. The molecular weight excluding hydrogens is 521 g/mol. The van der Waals surface area contributed by atoms with E-state index in [2.05, 4.69) is 134 Å². The molecule has 0 saturated carbocycles. The highest BCUT2D eigenvalue weighted by atomic mass is 15.3. The van der Waals surface area contributed by atoms with E-state index in [1.165, 1.54) is 61.5 Å². The zero-order chi connectivity index (χ0) is 30.4. The number of guanidine groups is 1. The second kappa shape index (κ2) is 13.2. The molecule has 4 heteroatoms. The van der Waals surface area contributed by atoms with Gasteiger partial charge in [-0.05, 0) is 16.2 Å². The van der Waals surface area contributed by atoms with Crippen molar-refractivity contribution in [3.05, 3.63) is 127 Å². The summed E-state index contributed by atoms with van der Waals surface area (Å²) < 4.78 is 0. The molecule has 0 saturated heterocycles. The number of unbranched alkanes of at least 4 members (excludes halogenated alkanes) is 1. The molecule has 2 N–H and O–H groups in total. The van der Waals surface area contributed by atoms with Crippen molar-refractivity contribution >= 4 is 60.8 Å². The van der Waals surface area contributed by atoms with Gasteiger partial charge in [-0.1, -0.05) is 163 Å². The minimum atomic E-state index is -1.25. The minimum absolute atomic E-state index is 0.769. The third-order valence-electron chi connectivity index (χ3n) is 8.97. The largest absolute Gasteiger partial charge is 0.344 e. The Morgan fingerprint density at radius 1 is 0.512 bits per heavy atom. The summed E-state index contributed by atoms with van der Waals surface area (Å²) >= 11 is 0. The van der Waals surface area contributed by atoms with Crippen LogP contribution >= 0.6 is 0 Å². The van der Waals surface area contributed by atoms with Crippen LogP contribution in [0, 0.1) is 0 Å². The van der Waals surface area contributed by atoms with Crippen molar-refractivity contribution in [2.75, 3.05) is 28.2 Å². The molecule has 0 radical (unpaired) electrons. The number of hydrogen-bond acceptors (Lipinski definition) is 0. The van der Waals surface area contributed by atoms with Crippen molar-refractivity contribution in [2.24, 2.45) is 0 Å². The summed E-state index contributed by atoms with van der Waals surface area (Å²) in [5.41, 5.74) is 4.39. The summed E-state index contributed by atoms with van der Waals surface area (Å²) in [7, 11) is 7.65. The molecule has 3 nitrogen and oxygen atoms in total. The summed E-state index contributed by atoms with van der Waals surface area (Å²) in [5, 5.41) is 13.6. The third-order valence-corrected chi connectivity index (χ3v) is 8.97. The van der Waals surface area contributed by atoms with Gasteiger partial charge in [0.1, 0.15) is 0 Å². The Hall–Kier alpha value is -4.57. The van der Waals surface area contributed by atoms with Crippen LogP contribution in [0.2, 0.25) is 6.32 Å². The normalized spacial score (nSPS) is 11.3. The molecule has 218 valence electrons. The van der Waals surface area contributed by atoms with E-state index >= 15 is 0 Å². The zero-order valence-corrected chi connectivity index (χ0v) is 26.3. The summed E-state index contributed by atoms with van der Waals surface area (Å²) in [6.07, 6.45) is 2.21. The highest BCUT2D eigenvalue weighted by Crippen LogP contribution is 2.27. The van der Waals surface area contributed by atoms with Gasteiger partial charge in [0.25, 0.3) is 0 Å². The van der Waals surface area contributed by atoms with E-state index in [0.717, 1.165) is 12.3 Å². The molecule has 6 aromatic carbocycles. The molecule has 0 fully saturated rings. The maximum Gasteiger partial charge on any atom is 0.344 e. The van der Waals surface area contributed by atoms with E-state index in [9.17, 15) is 0 Å². The lowest BCUT2D eigenvalue weighted by Crippen LogP contribution is -2.67. The molecule has 6 rings (SSSR count). The maximum atomic E-state index is 5.53. The lowest BCUT2D eigenvalue weighted by Gasteiger charge is -2.45. The molecule has 0 aliphatic heterocycles. The van der Waals surface area contributed by atoms with Crippen molar-refractivity contribution in [1.82, 2.24) is 9.80 Å².